The van der Waals surface area contributed by atoms with Crippen molar-refractivity contribution in [1.29, 1.82) is 0 Å². The summed E-state index contributed by atoms with van der Waals surface area (Å²) >= 11 is 0. The third kappa shape index (κ3) is 4.76. The van der Waals surface area contributed by atoms with Gasteiger partial charge in [0.25, 0.3) is 5.91 Å². The summed E-state index contributed by atoms with van der Waals surface area (Å²) in [7, 11) is -3.76. The number of benzene rings is 3. The van der Waals surface area contributed by atoms with E-state index in [9.17, 15) is 13.2 Å². The number of carbonyl (C=O) groups is 1. The van der Waals surface area contributed by atoms with E-state index in [1.807, 2.05) is 43.3 Å². The van der Waals surface area contributed by atoms with Crippen molar-refractivity contribution in [3.63, 3.8) is 0 Å². The molecule has 0 spiro atoms. The molecule has 0 aliphatic heterocycles. The third-order valence-corrected chi connectivity index (χ3v) is 5.02. The molecule has 3 N–H and O–H groups in total. The number of anilines is 1. The molecule has 1 amide bonds. The zero-order valence-electron chi connectivity index (χ0n) is 15.3. The first-order chi connectivity index (χ1) is 13.4. The number of hydrogen-bond acceptors (Lipinski definition) is 4. The zero-order valence-corrected chi connectivity index (χ0v) is 16.1. The topological polar surface area (TPSA) is 98.5 Å². The van der Waals surface area contributed by atoms with Gasteiger partial charge in [-0.05, 0) is 66.6 Å². The lowest BCUT2D eigenvalue weighted by Crippen LogP contribution is -2.13. The summed E-state index contributed by atoms with van der Waals surface area (Å²) in [6.45, 7) is 2.56. The summed E-state index contributed by atoms with van der Waals surface area (Å²) in [5.41, 5.74) is 2.98. The molecule has 7 heteroatoms. The Morgan fingerprint density at radius 2 is 1.43 bits per heavy atom. The Morgan fingerprint density at radius 3 is 1.93 bits per heavy atom. The maximum absolute atomic E-state index is 12.4. The van der Waals surface area contributed by atoms with Crippen molar-refractivity contribution in [2.24, 2.45) is 5.14 Å². The molecular weight excluding hydrogens is 376 g/mol. The highest BCUT2D eigenvalue weighted by Gasteiger charge is 2.10. The molecule has 0 bridgehead atoms. The molecule has 0 heterocycles. The van der Waals surface area contributed by atoms with E-state index < -0.39 is 10.0 Å². The van der Waals surface area contributed by atoms with Gasteiger partial charge in [0.05, 0.1) is 11.5 Å². The van der Waals surface area contributed by atoms with E-state index in [1.54, 1.807) is 12.1 Å². The average Bonchev–Trinajstić information content (AvgIpc) is 2.69. The van der Waals surface area contributed by atoms with Crippen LogP contribution in [0.15, 0.2) is 77.7 Å². The lowest BCUT2D eigenvalue weighted by atomic mass is 10.0. The van der Waals surface area contributed by atoms with E-state index >= 15 is 0 Å². The molecule has 0 aliphatic carbocycles. The summed E-state index contributed by atoms with van der Waals surface area (Å²) in [4.78, 5) is 12.4. The standard InChI is InChI=1S/C21H20N2O4S/c1-2-27-19-11-7-16(8-12-19)15-3-5-17(6-4-15)21(24)23-18-9-13-20(14-10-18)28(22,25)26/h3-14H,2H2,1H3,(H,23,24)(H2,22,25,26). The fourth-order valence-electron chi connectivity index (χ4n) is 2.66. The number of nitrogens with two attached hydrogens (primary N) is 1. The van der Waals surface area contributed by atoms with Gasteiger partial charge in [0.1, 0.15) is 5.75 Å². The number of rotatable bonds is 6. The highest BCUT2D eigenvalue weighted by molar-refractivity contribution is 7.89. The predicted molar refractivity (Wildman–Crippen MR) is 109 cm³/mol. The van der Waals surface area contributed by atoms with Crippen LogP contribution in [0.5, 0.6) is 5.75 Å². The van der Waals surface area contributed by atoms with Crippen LogP contribution in [0, 0.1) is 0 Å². The molecule has 0 aromatic heterocycles. The van der Waals surface area contributed by atoms with Crippen molar-refractivity contribution in [2.45, 2.75) is 11.8 Å². The number of nitrogens with one attached hydrogen (secondary N) is 1. The molecule has 0 saturated heterocycles. The average molecular weight is 396 g/mol. The molecule has 0 aliphatic rings. The SMILES string of the molecule is CCOc1ccc(-c2ccc(C(=O)Nc3ccc(S(N)(=O)=O)cc3)cc2)cc1. The first kappa shape index (κ1) is 19.6. The minimum atomic E-state index is -3.76. The van der Waals surface area contributed by atoms with Gasteiger partial charge >= 0.3 is 0 Å². The summed E-state index contributed by atoms with van der Waals surface area (Å²) < 4.78 is 28.0. The largest absolute Gasteiger partial charge is 0.494 e. The van der Waals surface area contributed by atoms with Crippen molar-refractivity contribution in [2.75, 3.05) is 11.9 Å². The molecular formula is C21H20N2O4S. The first-order valence-electron chi connectivity index (χ1n) is 8.64. The van der Waals surface area contributed by atoms with Gasteiger partial charge in [-0.1, -0.05) is 24.3 Å². The van der Waals surface area contributed by atoms with Gasteiger partial charge in [0, 0.05) is 11.3 Å². The molecule has 144 valence electrons. The second-order valence-electron chi connectivity index (χ2n) is 6.06. The van der Waals surface area contributed by atoms with Crippen LogP contribution < -0.4 is 15.2 Å². The molecule has 0 atom stereocenters. The van der Waals surface area contributed by atoms with Crippen LogP contribution >= 0.6 is 0 Å². The molecule has 3 aromatic carbocycles. The summed E-state index contributed by atoms with van der Waals surface area (Å²) in [5.74, 6) is 0.525. The van der Waals surface area contributed by atoms with Crippen molar-refractivity contribution in [3.05, 3.63) is 78.4 Å². The monoisotopic (exact) mass is 396 g/mol. The smallest absolute Gasteiger partial charge is 0.255 e. The van der Waals surface area contributed by atoms with E-state index in [0.29, 0.717) is 17.9 Å². The van der Waals surface area contributed by atoms with Gasteiger partial charge in [-0.15, -0.1) is 0 Å². The van der Waals surface area contributed by atoms with Crippen molar-refractivity contribution < 1.29 is 17.9 Å². The third-order valence-electron chi connectivity index (χ3n) is 4.09. The van der Waals surface area contributed by atoms with E-state index in [2.05, 4.69) is 5.32 Å². The molecule has 0 saturated carbocycles. The predicted octanol–water partition coefficient (Wildman–Crippen LogP) is 3.65. The van der Waals surface area contributed by atoms with Crippen LogP contribution in [0.2, 0.25) is 0 Å². The molecule has 6 nitrogen and oxygen atoms in total. The van der Waals surface area contributed by atoms with Crippen molar-refractivity contribution in [3.8, 4) is 16.9 Å². The number of primary sulfonamides is 1. The summed E-state index contributed by atoms with van der Waals surface area (Å²) in [5, 5.41) is 7.79. The lowest BCUT2D eigenvalue weighted by Gasteiger charge is -2.08. The highest BCUT2D eigenvalue weighted by Crippen LogP contribution is 2.23. The molecule has 28 heavy (non-hydrogen) atoms. The van der Waals surface area contributed by atoms with Crippen LogP contribution in [-0.2, 0) is 10.0 Å². The number of carbonyl (C=O) groups excluding carboxylic acids is 1. The summed E-state index contributed by atoms with van der Waals surface area (Å²) in [6, 6.07) is 20.6. The molecule has 0 fully saturated rings. The van der Waals surface area contributed by atoms with Gasteiger partial charge in [-0.2, -0.15) is 0 Å². The Labute approximate surface area is 164 Å². The minimum Gasteiger partial charge on any atom is -0.494 e. The molecule has 3 aromatic rings. The quantitative estimate of drug-likeness (QED) is 0.664. The Bertz CT molecular complexity index is 1060. The van der Waals surface area contributed by atoms with Gasteiger partial charge < -0.3 is 10.1 Å². The van der Waals surface area contributed by atoms with Gasteiger partial charge in [-0.3, -0.25) is 4.79 Å². The summed E-state index contributed by atoms with van der Waals surface area (Å²) in [6.07, 6.45) is 0. The number of hydrogen-bond donors (Lipinski definition) is 2. The van der Waals surface area contributed by atoms with E-state index in [1.165, 1.54) is 24.3 Å². The Morgan fingerprint density at radius 1 is 0.893 bits per heavy atom. The lowest BCUT2D eigenvalue weighted by molar-refractivity contribution is 0.102. The van der Waals surface area contributed by atoms with E-state index in [-0.39, 0.29) is 10.8 Å². The van der Waals surface area contributed by atoms with E-state index in [4.69, 9.17) is 9.88 Å². The second kappa shape index (κ2) is 8.24. The van der Waals surface area contributed by atoms with Crippen LogP contribution in [0.25, 0.3) is 11.1 Å². The Balaban J connectivity index is 1.69. The van der Waals surface area contributed by atoms with Gasteiger partial charge in [-0.25, -0.2) is 13.6 Å². The normalized spacial score (nSPS) is 11.1. The second-order valence-corrected chi connectivity index (χ2v) is 7.62. The Kier molecular flexibility index (Phi) is 5.77. The zero-order chi connectivity index (χ0) is 20.1. The maximum atomic E-state index is 12.4. The fourth-order valence-corrected chi connectivity index (χ4v) is 3.17. The molecule has 3 rings (SSSR count). The number of ether oxygens (including phenoxy) is 1. The van der Waals surface area contributed by atoms with Crippen molar-refractivity contribution >= 4 is 21.6 Å². The van der Waals surface area contributed by atoms with Gasteiger partial charge in [0.15, 0.2) is 0 Å². The highest BCUT2D eigenvalue weighted by atomic mass is 32.2. The fraction of sp³-hybridized carbons (Fsp3) is 0.0952. The maximum Gasteiger partial charge on any atom is 0.255 e. The van der Waals surface area contributed by atoms with Crippen LogP contribution in [0.4, 0.5) is 5.69 Å². The number of sulfonamides is 1. The minimum absolute atomic E-state index is 0.00907. The molecule has 0 radical (unpaired) electrons. The van der Waals surface area contributed by atoms with Crippen LogP contribution in [-0.4, -0.2) is 20.9 Å². The Hall–Kier alpha value is -3.16. The molecule has 0 unspecified atom stereocenters. The van der Waals surface area contributed by atoms with E-state index in [0.717, 1.165) is 16.9 Å². The van der Waals surface area contributed by atoms with Crippen LogP contribution in [0.3, 0.4) is 0 Å². The number of amides is 1. The first-order valence-corrected chi connectivity index (χ1v) is 10.2. The van der Waals surface area contributed by atoms with Crippen molar-refractivity contribution in [1.82, 2.24) is 0 Å². The van der Waals surface area contributed by atoms with Crippen LogP contribution in [0.1, 0.15) is 17.3 Å². The van der Waals surface area contributed by atoms with Gasteiger partial charge in [0.2, 0.25) is 10.0 Å².